The van der Waals surface area contributed by atoms with E-state index in [0.29, 0.717) is 18.2 Å². The minimum atomic E-state index is -1.44. The highest BCUT2D eigenvalue weighted by Gasteiger charge is 2.29. The summed E-state index contributed by atoms with van der Waals surface area (Å²) >= 11 is 52.7. The maximum absolute atomic E-state index is 5.41. The molecular weight excluding hydrogens is 475 g/mol. The number of hydrogen-bond donors (Lipinski definition) is 0. The third-order valence-electron chi connectivity index (χ3n) is 0.978. The molecular formula is C10H16Cl10. The number of alkyl halides is 10. The fourth-order valence-corrected chi connectivity index (χ4v) is 1.75. The average Bonchev–Trinajstić information content (AvgIpc) is 2.26. The van der Waals surface area contributed by atoms with Gasteiger partial charge in [-0.1, -0.05) is 83.1 Å². The Hall–Kier alpha value is 2.64. The predicted molar refractivity (Wildman–Crippen MR) is 104 cm³/mol. The maximum atomic E-state index is 5.41. The summed E-state index contributed by atoms with van der Waals surface area (Å²) in [5.74, 6) is 1.08. The van der Waals surface area contributed by atoms with Crippen LogP contribution in [0.4, 0.5) is 0 Å². The van der Waals surface area contributed by atoms with Crippen molar-refractivity contribution in [1.29, 1.82) is 0 Å². The number of halogens is 10. The van der Waals surface area contributed by atoms with E-state index in [0.717, 1.165) is 0 Å². The second-order valence-corrected chi connectivity index (χ2v) is 9.07. The van der Waals surface area contributed by atoms with E-state index in [1.165, 1.54) is 0 Å². The first kappa shape index (κ1) is 30.5. The zero-order valence-electron chi connectivity index (χ0n) is 9.47. The molecule has 0 saturated carbocycles. The molecule has 0 aliphatic carbocycles. The topological polar surface area (TPSA) is 0 Å². The van der Waals surface area contributed by atoms with E-state index in [1.807, 2.05) is 0 Å². The number of hydrogen-bond acceptors (Lipinski definition) is 0. The molecule has 0 aliphatic rings. The lowest BCUT2D eigenvalue weighted by molar-refractivity contribution is 0.983. The smallest absolute Gasteiger partial charge is 0.127 e. The van der Waals surface area contributed by atoms with Crippen molar-refractivity contribution in [1.82, 2.24) is 0 Å². The molecule has 0 saturated heterocycles. The summed E-state index contributed by atoms with van der Waals surface area (Å²) < 4.78 is -2.61. The van der Waals surface area contributed by atoms with Crippen molar-refractivity contribution in [2.45, 2.75) is 26.8 Å². The second kappa shape index (κ2) is 18.0. The van der Waals surface area contributed by atoms with E-state index in [9.17, 15) is 0 Å². The van der Waals surface area contributed by atoms with E-state index >= 15 is 0 Å². The van der Waals surface area contributed by atoms with Crippen LogP contribution in [0.5, 0.6) is 0 Å². The average molecular weight is 491 g/mol. The quantitative estimate of drug-likeness (QED) is 0.276. The molecule has 0 amide bonds. The summed E-state index contributed by atoms with van der Waals surface area (Å²) in [5.41, 5.74) is 0. The molecule has 20 heavy (non-hydrogen) atoms. The van der Waals surface area contributed by atoms with Crippen LogP contribution >= 0.6 is 116 Å². The van der Waals surface area contributed by atoms with Crippen molar-refractivity contribution >= 4 is 116 Å². The van der Waals surface area contributed by atoms with Gasteiger partial charge in [-0.3, -0.25) is 0 Å². The first-order valence-electron chi connectivity index (χ1n) is 4.52. The Morgan fingerprint density at radius 2 is 1.30 bits per heavy atom. The van der Waals surface area contributed by atoms with Crippen molar-refractivity contribution in [2.24, 2.45) is 0 Å². The summed E-state index contributed by atoms with van der Waals surface area (Å²) in [4.78, 5) is 0. The Kier molecular flexibility index (Phi) is 27.4. The molecule has 0 bridgehead atoms. The van der Waals surface area contributed by atoms with Gasteiger partial charge in [0.05, 0.1) is 5.38 Å². The lowest BCUT2D eigenvalue weighted by Crippen LogP contribution is -2.20. The molecule has 0 heterocycles. The van der Waals surface area contributed by atoms with Gasteiger partial charge >= 0.3 is 0 Å². The minimum Gasteiger partial charge on any atom is -0.127 e. The van der Waals surface area contributed by atoms with Gasteiger partial charge in [0, 0.05) is 24.1 Å². The summed E-state index contributed by atoms with van der Waals surface area (Å²) in [6, 6.07) is 0. The Morgan fingerprint density at radius 3 is 1.30 bits per heavy atom. The molecule has 0 nitrogen and oxygen atoms in total. The van der Waals surface area contributed by atoms with Gasteiger partial charge in [0.25, 0.3) is 0 Å². The molecule has 0 aromatic rings. The van der Waals surface area contributed by atoms with Crippen LogP contribution in [0.15, 0.2) is 12.7 Å². The van der Waals surface area contributed by atoms with Gasteiger partial charge in [0.15, 0.2) is 3.79 Å². The molecule has 0 aliphatic heterocycles. The predicted octanol–water partition coefficient (Wildman–Crippen LogP) is 8.24. The fraction of sp³-hybridized carbons (Fsp3) is 0.800. The number of rotatable bonds is 3. The molecule has 0 spiro atoms. The first-order chi connectivity index (χ1) is 8.46. The van der Waals surface area contributed by atoms with Gasteiger partial charge in [-0.2, -0.15) is 0 Å². The van der Waals surface area contributed by atoms with E-state index in [1.54, 1.807) is 6.08 Å². The Labute approximate surface area is 171 Å². The Morgan fingerprint density at radius 1 is 0.950 bits per heavy atom. The van der Waals surface area contributed by atoms with Crippen molar-refractivity contribution in [3.63, 3.8) is 0 Å². The minimum absolute atomic E-state index is 0. The molecule has 10 heteroatoms. The van der Waals surface area contributed by atoms with E-state index < -0.39 is 13.0 Å². The monoisotopic (exact) mass is 486 g/mol. The van der Waals surface area contributed by atoms with E-state index in [-0.39, 0.29) is 13.3 Å². The van der Waals surface area contributed by atoms with Crippen LogP contribution in [-0.2, 0) is 0 Å². The molecule has 0 aromatic heterocycles. The van der Waals surface area contributed by atoms with Crippen LogP contribution in [0, 0.1) is 0 Å². The van der Waals surface area contributed by atoms with Gasteiger partial charge in [0.1, 0.15) is 0 Å². The molecule has 1 unspecified atom stereocenters. The zero-order valence-corrected chi connectivity index (χ0v) is 17.0. The standard InChI is InChI=1S/C3H3Cl5.C3H4Cl4.C3H5Cl.CH4/c4-1-2(5)3(6,7)8;4-2-1-3(5,6)7;1-2-3-4;/h2H,1H2;1-2H2;2H,1,3H2;1H4. The fourth-order valence-electron chi connectivity index (χ4n) is 0.195. The number of allylic oxidation sites excluding steroid dienone is 1. The van der Waals surface area contributed by atoms with Crippen molar-refractivity contribution in [3.05, 3.63) is 12.7 Å². The molecule has 0 aromatic carbocycles. The molecule has 0 radical (unpaired) electrons. The van der Waals surface area contributed by atoms with E-state index in [2.05, 4.69) is 6.58 Å². The van der Waals surface area contributed by atoms with Crippen molar-refractivity contribution in [2.75, 3.05) is 17.6 Å². The molecule has 0 fully saturated rings. The highest BCUT2D eigenvalue weighted by molar-refractivity contribution is 6.70. The molecule has 1 atom stereocenters. The van der Waals surface area contributed by atoms with Crippen LogP contribution in [0.1, 0.15) is 13.8 Å². The van der Waals surface area contributed by atoms with Gasteiger partial charge in [0.2, 0.25) is 3.79 Å². The van der Waals surface area contributed by atoms with Crippen LogP contribution < -0.4 is 0 Å². The van der Waals surface area contributed by atoms with Gasteiger partial charge in [-0.15, -0.1) is 53.0 Å². The van der Waals surface area contributed by atoms with Crippen molar-refractivity contribution in [3.8, 4) is 0 Å². The summed E-state index contributed by atoms with van der Waals surface area (Å²) in [6.45, 7) is 3.35. The molecule has 0 N–H and O–H groups in total. The Bertz CT molecular complexity index is 195. The maximum Gasteiger partial charge on any atom is 0.207 e. The lowest BCUT2D eigenvalue weighted by Gasteiger charge is -2.13. The lowest BCUT2D eigenvalue weighted by atomic mass is 10.5. The van der Waals surface area contributed by atoms with Crippen LogP contribution in [0.2, 0.25) is 0 Å². The Balaban J connectivity index is -0.0000000986. The normalized spacial score (nSPS) is 11.9. The SMILES string of the molecule is C.C=CCCl.ClCC(Cl)C(Cl)(Cl)Cl.ClCCC(Cl)(Cl)Cl. The summed E-state index contributed by atoms with van der Waals surface area (Å²) in [7, 11) is 0. The van der Waals surface area contributed by atoms with Gasteiger partial charge in [-0.25, -0.2) is 0 Å². The summed E-state index contributed by atoms with van der Waals surface area (Å²) in [5, 5.41) is -0.617. The first-order valence-corrected chi connectivity index (χ1v) is 8.83. The molecule has 126 valence electrons. The van der Waals surface area contributed by atoms with Gasteiger partial charge < -0.3 is 0 Å². The highest BCUT2D eigenvalue weighted by Crippen LogP contribution is 2.34. The largest absolute Gasteiger partial charge is 0.207 e. The highest BCUT2D eigenvalue weighted by atomic mass is 35.6. The van der Waals surface area contributed by atoms with Gasteiger partial charge in [-0.05, 0) is 0 Å². The second-order valence-electron chi connectivity index (χ2n) is 2.66. The molecule has 0 rings (SSSR count). The summed E-state index contributed by atoms with van der Waals surface area (Å²) in [6.07, 6.45) is 2.04. The van der Waals surface area contributed by atoms with E-state index in [4.69, 9.17) is 116 Å². The van der Waals surface area contributed by atoms with Crippen LogP contribution in [-0.4, -0.2) is 30.6 Å². The van der Waals surface area contributed by atoms with Crippen LogP contribution in [0.25, 0.3) is 0 Å². The third kappa shape index (κ3) is 32.5. The van der Waals surface area contributed by atoms with Crippen molar-refractivity contribution < 1.29 is 0 Å². The third-order valence-corrected chi connectivity index (χ3v) is 4.03. The van der Waals surface area contributed by atoms with Crippen LogP contribution in [0.3, 0.4) is 0 Å². The zero-order chi connectivity index (χ0) is 16.1.